The number of benzene rings is 2. The Morgan fingerprint density at radius 2 is 1.91 bits per heavy atom. The number of fused-ring (bicyclic) bond motifs is 1. The Hall–Kier alpha value is -2.83. The summed E-state index contributed by atoms with van der Waals surface area (Å²) < 4.78 is 7.63. The van der Waals surface area contributed by atoms with Crippen LogP contribution in [0.15, 0.2) is 76.5 Å². The van der Waals surface area contributed by atoms with Crippen LogP contribution < -0.4 is 10.3 Å². The lowest BCUT2D eigenvalue weighted by Crippen LogP contribution is -2.22. The molecule has 0 radical (unpaired) electrons. The molecule has 4 rings (SSSR count). The first-order chi connectivity index (χ1) is 16.1. The highest BCUT2D eigenvalue weighted by atomic mass is 32.2. The zero-order valence-electron chi connectivity index (χ0n) is 19.0. The molecule has 0 spiro atoms. The van der Waals surface area contributed by atoms with Crippen LogP contribution in [0.25, 0.3) is 21.3 Å². The van der Waals surface area contributed by atoms with Gasteiger partial charge in [-0.15, -0.1) is 17.9 Å². The van der Waals surface area contributed by atoms with Crippen molar-refractivity contribution in [3.63, 3.8) is 0 Å². The summed E-state index contributed by atoms with van der Waals surface area (Å²) in [6.07, 6.45) is 3.69. The number of nitrogens with zero attached hydrogens (tertiary/aromatic N) is 2. The molecule has 4 nitrogen and oxygen atoms in total. The molecule has 2 aromatic carbocycles. The summed E-state index contributed by atoms with van der Waals surface area (Å²) in [5, 5.41) is 3.49. The number of aryl methyl sites for hydroxylation is 2. The van der Waals surface area contributed by atoms with Gasteiger partial charge in [-0.2, -0.15) is 0 Å². The summed E-state index contributed by atoms with van der Waals surface area (Å²) in [7, 11) is 0. The summed E-state index contributed by atoms with van der Waals surface area (Å²) in [4.78, 5) is 19.1. The maximum atomic E-state index is 13.4. The Kier molecular flexibility index (Phi) is 7.68. The van der Waals surface area contributed by atoms with Crippen molar-refractivity contribution in [2.24, 2.45) is 0 Å². The third-order valence-corrected chi connectivity index (χ3v) is 7.39. The first-order valence-corrected chi connectivity index (χ1v) is 13.0. The van der Waals surface area contributed by atoms with E-state index in [-0.39, 0.29) is 5.56 Å². The van der Waals surface area contributed by atoms with Crippen LogP contribution in [0.5, 0.6) is 5.75 Å². The van der Waals surface area contributed by atoms with Gasteiger partial charge in [-0.3, -0.25) is 9.36 Å². The van der Waals surface area contributed by atoms with Crippen molar-refractivity contribution in [2.45, 2.75) is 38.4 Å². The molecular formula is C27H28N2O2S2. The Morgan fingerprint density at radius 3 is 2.67 bits per heavy atom. The number of thioether (sulfide) groups is 1. The van der Waals surface area contributed by atoms with Gasteiger partial charge >= 0.3 is 0 Å². The smallest absolute Gasteiger partial charge is 0.263 e. The fourth-order valence-corrected chi connectivity index (χ4v) is 5.62. The molecule has 0 atom stereocenters. The van der Waals surface area contributed by atoms with Crippen molar-refractivity contribution in [3.8, 4) is 16.9 Å². The highest BCUT2D eigenvalue weighted by Gasteiger charge is 2.17. The molecule has 0 fully saturated rings. The Morgan fingerprint density at radius 1 is 1.12 bits per heavy atom. The Bertz CT molecular complexity index is 1310. The van der Waals surface area contributed by atoms with E-state index in [9.17, 15) is 4.79 Å². The molecule has 0 aliphatic heterocycles. The quantitative estimate of drug-likeness (QED) is 0.108. The summed E-state index contributed by atoms with van der Waals surface area (Å²) in [6, 6.07) is 16.3. The van der Waals surface area contributed by atoms with Crippen LogP contribution in [0.3, 0.4) is 0 Å². The van der Waals surface area contributed by atoms with Crippen molar-refractivity contribution in [3.05, 3.63) is 88.0 Å². The molecule has 0 aliphatic carbocycles. The summed E-state index contributed by atoms with van der Waals surface area (Å²) >= 11 is 3.16. The Balaban J connectivity index is 1.46. The van der Waals surface area contributed by atoms with E-state index in [2.05, 4.69) is 50.8 Å². The van der Waals surface area contributed by atoms with E-state index >= 15 is 0 Å². The molecule has 2 aromatic heterocycles. The minimum absolute atomic E-state index is 0.00195. The van der Waals surface area contributed by atoms with Crippen molar-refractivity contribution < 1.29 is 4.74 Å². The van der Waals surface area contributed by atoms with Crippen LogP contribution in [0.2, 0.25) is 0 Å². The fraction of sp³-hybridized carbons (Fsp3) is 0.259. The molecule has 0 bridgehead atoms. The standard InChI is InChI=1S/C27H28N2O2S2/c1-4-15-29-26(30)24-22(21-13-11-19(2)12-14-21)18-33-25(24)28-27(29)32-17-8-7-16-31-23-10-6-5-9-20(23)3/h4-6,9-14,18H,1,7-8,15-17H2,2-3H3. The third-order valence-electron chi connectivity index (χ3n) is 5.45. The third kappa shape index (κ3) is 5.40. The zero-order chi connectivity index (χ0) is 23.2. The van der Waals surface area contributed by atoms with E-state index in [0.29, 0.717) is 18.5 Å². The van der Waals surface area contributed by atoms with E-state index in [1.165, 1.54) is 16.9 Å². The molecule has 4 aromatic rings. The van der Waals surface area contributed by atoms with Crippen molar-refractivity contribution in [1.29, 1.82) is 0 Å². The van der Waals surface area contributed by atoms with Gasteiger partial charge in [-0.05, 0) is 43.9 Å². The molecule has 0 saturated carbocycles. The van der Waals surface area contributed by atoms with Crippen molar-refractivity contribution in [2.75, 3.05) is 12.4 Å². The fourth-order valence-electron chi connectivity index (χ4n) is 3.62. The highest BCUT2D eigenvalue weighted by Crippen LogP contribution is 2.32. The SMILES string of the molecule is C=CCn1c(SCCCCOc2ccccc2C)nc2scc(-c3ccc(C)cc3)c2c1=O. The number of aromatic nitrogens is 2. The lowest BCUT2D eigenvalue weighted by atomic mass is 10.1. The predicted octanol–water partition coefficient (Wildman–Crippen LogP) is 6.88. The molecule has 6 heteroatoms. The second-order valence-electron chi connectivity index (χ2n) is 7.96. The maximum absolute atomic E-state index is 13.4. The number of allylic oxidation sites excluding steroid dienone is 1. The van der Waals surface area contributed by atoms with Crippen LogP contribution in [-0.2, 0) is 6.54 Å². The normalized spacial score (nSPS) is 11.1. The topological polar surface area (TPSA) is 44.1 Å². The Labute approximate surface area is 203 Å². The van der Waals surface area contributed by atoms with Gasteiger partial charge in [-0.1, -0.05) is 65.9 Å². The van der Waals surface area contributed by atoms with Crippen LogP contribution in [0, 0.1) is 13.8 Å². The number of hydrogen-bond donors (Lipinski definition) is 0. The number of hydrogen-bond acceptors (Lipinski definition) is 5. The molecular weight excluding hydrogens is 448 g/mol. The first-order valence-electron chi connectivity index (χ1n) is 11.1. The number of ether oxygens (including phenoxy) is 1. The van der Waals surface area contributed by atoms with Gasteiger partial charge in [0.25, 0.3) is 5.56 Å². The minimum atomic E-state index is 0.00195. The molecule has 0 N–H and O–H groups in total. The molecule has 170 valence electrons. The monoisotopic (exact) mass is 476 g/mol. The largest absolute Gasteiger partial charge is 0.493 e. The first kappa shape index (κ1) is 23.3. The molecule has 0 saturated heterocycles. The minimum Gasteiger partial charge on any atom is -0.493 e. The van der Waals surface area contributed by atoms with Crippen molar-refractivity contribution >= 4 is 33.3 Å². The van der Waals surface area contributed by atoms with Crippen LogP contribution >= 0.6 is 23.1 Å². The lowest BCUT2D eigenvalue weighted by molar-refractivity contribution is 0.308. The highest BCUT2D eigenvalue weighted by molar-refractivity contribution is 7.99. The number of rotatable bonds is 10. The number of unbranched alkanes of at least 4 members (excludes halogenated alkanes) is 1. The molecule has 2 heterocycles. The van der Waals surface area contributed by atoms with Gasteiger partial charge in [0.15, 0.2) is 5.16 Å². The van der Waals surface area contributed by atoms with Crippen LogP contribution in [0.1, 0.15) is 24.0 Å². The average Bonchev–Trinajstić information content (AvgIpc) is 3.24. The van der Waals surface area contributed by atoms with E-state index in [4.69, 9.17) is 9.72 Å². The molecule has 0 unspecified atom stereocenters. The summed E-state index contributed by atoms with van der Waals surface area (Å²) in [5.74, 6) is 1.82. The van der Waals surface area contributed by atoms with E-state index in [1.807, 2.05) is 23.6 Å². The van der Waals surface area contributed by atoms with Gasteiger partial charge in [0.2, 0.25) is 0 Å². The van der Waals surface area contributed by atoms with Crippen molar-refractivity contribution in [1.82, 2.24) is 9.55 Å². The second-order valence-corrected chi connectivity index (χ2v) is 9.88. The van der Waals surface area contributed by atoms with Crippen LogP contribution in [-0.4, -0.2) is 21.9 Å². The lowest BCUT2D eigenvalue weighted by Gasteiger charge is -2.11. The van der Waals surface area contributed by atoms with E-state index in [1.54, 1.807) is 22.4 Å². The van der Waals surface area contributed by atoms with Crippen LogP contribution in [0.4, 0.5) is 0 Å². The van der Waals surface area contributed by atoms with Gasteiger partial charge in [-0.25, -0.2) is 4.98 Å². The van der Waals surface area contributed by atoms with E-state index < -0.39 is 0 Å². The number of para-hydroxylation sites is 1. The van der Waals surface area contributed by atoms with Gasteiger partial charge in [0.05, 0.1) is 12.0 Å². The van der Waals surface area contributed by atoms with Gasteiger partial charge in [0, 0.05) is 23.2 Å². The molecule has 33 heavy (non-hydrogen) atoms. The number of thiophene rings is 1. The second kappa shape index (κ2) is 10.9. The summed E-state index contributed by atoms with van der Waals surface area (Å²) in [6.45, 7) is 9.09. The average molecular weight is 477 g/mol. The van der Waals surface area contributed by atoms with Gasteiger partial charge < -0.3 is 4.74 Å². The molecule has 0 aliphatic rings. The van der Waals surface area contributed by atoms with Gasteiger partial charge in [0.1, 0.15) is 10.6 Å². The zero-order valence-corrected chi connectivity index (χ0v) is 20.7. The summed E-state index contributed by atoms with van der Waals surface area (Å²) in [5.41, 5.74) is 4.35. The molecule has 0 amide bonds. The van der Waals surface area contributed by atoms with E-state index in [0.717, 1.165) is 51.0 Å². The maximum Gasteiger partial charge on any atom is 0.263 e. The predicted molar refractivity (Wildman–Crippen MR) is 141 cm³/mol.